The van der Waals surface area contributed by atoms with Crippen LogP contribution < -0.4 is 0 Å². The first-order valence-corrected chi connectivity index (χ1v) is 5.77. The van der Waals surface area contributed by atoms with Gasteiger partial charge in [0.2, 0.25) is 0 Å². The molecule has 1 aliphatic rings. The van der Waals surface area contributed by atoms with Crippen LogP contribution in [0.2, 0.25) is 0 Å². The molecule has 1 aromatic rings. The standard InChI is InChI=1S/C14H17F/c15-14-8-4-7-13(11-14)10-9-12-5-2-1-3-6-12/h4,7-9,11H,1-3,5-6,10H2. The predicted molar refractivity (Wildman–Crippen MR) is 61.3 cm³/mol. The Labute approximate surface area is 90.8 Å². The van der Waals surface area contributed by atoms with Gasteiger partial charge < -0.3 is 0 Å². The average molecular weight is 204 g/mol. The molecule has 0 atom stereocenters. The summed E-state index contributed by atoms with van der Waals surface area (Å²) in [4.78, 5) is 0. The van der Waals surface area contributed by atoms with Gasteiger partial charge in [-0.15, -0.1) is 0 Å². The van der Waals surface area contributed by atoms with Gasteiger partial charge in [-0.05, 0) is 49.8 Å². The van der Waals surface area contributed by atoms with Crippen LogP contribution in [0.3, 0.4) is 0 Å². The van der Waals surface area contributed by atoms with E-state index in [4.69, 9.17) is 0 Å². The molecule has 0 heterocycles. The number of rotatable bonds is 2. The number of halogens is 1. The number of hydrogen-bond donors (Lipinski definition) is 0. The minimum atomic E-state index is -0.130. The fraction of sp³-hybridized carbons (Fsp3) is 0.429. The van der Waals surface area contributed by atoms with Crippen LogP contribution in [-0.2, 0) is 6.42 Å². The van der Waals surface area contributed by atoms with Crippen molar-refractivity contribution in [3.8, 4) is 0 Å². The third kappa shape index (κ3) is 3.19. The lowest BCUT2D eigenvalue weighted by molar-refractivity contribution is 0.597. The molecule has 15 heavy (non-hydrogen) atoms. The monoisotopic (exact) mass is 204 g/mol. The number of hydrogen-bond acceptors (Lipinski definition) is 0. The van der Waals surface area contributed by atoms with E-state index >= 15 is 0 Å². The van der Waals surface area contributed by atoms with Crippen LogP contribution in [0.1, 0.15) is 37.7 Å². The summed E-state index contributed by atoms with van der Waals surface area (Å²) in [6, 6.07) is 6.89. The molecular formula is C14H17F. The van der Waals surface area contributed by atoms with Gasteiger partial charge in [-0.2, -0.15) is 0 Å². The molecule has 0 aromatic heterocycles. The van der Waals surface area contributed by atoms with Gasteiger partial charge in [-0.1, -0.05) is 30.2 Å². The molecule has 0 N–H and O–H groups in total. The Balaban J connectivity index is 1.96. The lowest BCUT2D eigenvalue weighted by atomic mass is 9.93. The van der Waals surface area contributed by atoms with Gasteiger partial charge in [-0.3, -0.25) is 0 Å². The SMILES string of the molecule is Fc1cccc(CC=C2CCCCC2)c1. The molecule has 0 saturated heterocycles. The van der Waals surface area contributed by atoms with Crippen molar-refractivity contribution in [2.45, 2.75) is 38.5 Å². The average Bonchev–Trinajstić information content (AvgIpc) is 2.28. The van der Waals surface area contributed by atoms with Crippen molar-refractivity contribution in [3.63, 3.8) is 0 Å². The second-order valence-electron chi connectivity index (χ2n) is 4.26. The van der Waals surface area contributed by atoms with Gasteiger partial charge in [0.25, 0.3) is 0 Å². The van der Waals surface area contributed by atoms with Gasteiger partial charge in [0.15, 0.2) is 0 Å². The first kappa shape index (κ1) is 10.4. The van der Waals surface area contributed by atoms with E-state index < -0.39 is 0 Å². The molecule has 1 heteroatoms. The third-order valence-electron chi connectivity index (χ3n) is 3.01. The van der Waals surface area contributed by atoms with Crippen LogP contribution in [-0.4, -0.2) is 0 Å². The van der Waals surface area contributed by atoms with Gasteiger partial charge in [0.05, 0.1) is 0 Å². The highest BCUT2D eigenvalue weighted by atomic mass is 19.1. The van der Waals surface area contributed by atoms with E-state index in [0.717, 1.165) is 12.0 Å². The summed E-state index contributed by atoms with van der Waals surface area (Å²) in [5.74, 6) is -0.130. The van der Waals surface area contributed by atoms with Crippen molar-refractivity contribution in [1.29, 1.82) is 0 Å². The van der Waals surface area contributed by atoms with Crippen LogP contribution in [0.4, 0.5) is 4.39 Å². The predicted octanol–water partition coefficient (Wildman–Crippen LogP) is 4.26. The van der Waals surface area contributed by atoms with Gasteiger partial charge in [0, 0.05) is 0 Å². The molecule has 0 radical (unpaired) electrons. The van der Waals surface area contributed by atoms with Gasteiger partial charge in [0.1, 0.15) is 5.82 Å². The molecule has 0 spiro atoms. The Morgan fingerprint density at radius 1 is 1.13 bits per heavy atom. The largest absolute Gasteiger partial charge is 0.207 e. The Morgan fingerprint density at radius 2 is 1.93 bits per heavy atom. The first-order valence-electron chi connectivity index (χ1n) is 5.77. The second-order valence-corrected chi connectivity index (χ2v) is 4.26. The quantitative estimate of drug-likeness (QED) is 0.631. The van der Waals surface area contributed by atoms with Crippen LogP contribution in [0, 0.1) is 5.82 Å². The maximum atomic E-state index is 12.9. The molecule has 0 unspecified atom stereocenters. The molecule has 0 aliphatic heterocycles. The smallest absolute Gasteiger partial charge is 0.123 e. The van der Waals surface area contributed by atoms with Crippen LogP contribution >= 0.6 is 0 Å². The molecule has 1 aliphatic carbocycles. The highest BCUT2D eigenvalue weighted by molar-refractivity contribution is 5.20. The fourth-order valence-electron chi connectivity index (χ4n) is 2.14. The van der Waals surface area contributed by atoms with Crippen molar-refractivity contribution in [2.75, 3.05) is 0 Å². The Kier molecular flexibility index (Phi) is 3.54. The Bertz CT molecular complexity index is 344. The molecule has 1 aromatic carbocycles. The zero-order valence-electron chi connectivity index (χ0n) is 9.01. The zero-order valence-corrected chi connectivity index (χ0v) is 9.01. The normalized spacial score (nSPS) is 16.5. The second kappa shape index (κ2) is 5.11. The van der Waals surface area contributed by atoms with Crippen molar-refractivity contribution in [3.05, 3.63) is 47.3 Å². The minimum Gasteiger partial charge on any atom is -0.207 e. The Morgan fingerprint density at radius 3 is 2.67 bits per heavy atom. The molecule has 0 bridgehead atoms. The summed E-state index contributed by atoms with van der Waals surface area (Å²) >= 11 is 0. The fourth-order valence-corrected chi connectivity index (χ4v) is 2.14. The van der Waals surface area contributed by atoms with E-state index in [1.165, 1.54) is 38.2 Å². The molecular weight excluding hydrogens is 187 g/mol. The minimum absolute atomic E-state index is 0.130. The van der Waals surface area contributed by atoms with E-state index in [1.807, 2.05) is 6.07 Å². The van der Waals surface area contributed by atoms with Crippen LogP contribution in [0.25, 0.3) is 0 Å². The summed E-state index contributed by atoms with van der Waals surface area (Å²) in [6.07, 6.45) is 9.69. The maximum Gasteiger partial charge on any atom is 0.123 e. The van der Waals surface area contributed by atoms with Crippen LogP contribution in [0.5, 0.6) is 0 Å². The van der Waals surface area contributed by atoms with Crippen molar-refractivity contribution >= 4 is 0 Å². The van der Waals surface area contributed by atoms with Crippen molar-refractivity contribution < 1.29 is 4.39 Å². The topological polar surface area (TPSA) is 0 Å². The lowest BCUT2D eigenvalue weighted by Crippen LogP contribution is -1.94. The zero-order chi connectivity index (χ0) is 10.5. The summed E-state index contributed by atoms with van der Waals surface area (Å²) in [5.41, 5.74) is 2.64. The van der Waals surface area contributed by atoms with E-state index in [1.54, 1.807) is 17.7 Å². The summed E-state index contributed by atoms with van der Waals surface area (Å²) < 4.78 is 12.9. The third-order valence-corrected chi connectivity index (χ3v) is 3.01. The van der Waals surface area contributed by atoms with Gasteiger partial charge in [-0.25, -0.2) is 4.39 Å². The van der Waals surface area contributed by atoms with Gasteiger partial charge >= 0.3 is 0 Å². The van der Waals surface area contributed by atoms with E-state index in [-0.39, 0.29) is 5.82 Å². The molecule has 1 fully saturated rings. The van der Waals surface area contributed by atoms with E-state index in [0.29, 0.717) is 0 Å². The van der Waals surface area contributed by atoms with E-state index in [9.17, 15) is 4.39 Å². The molecule has 0 amide bonds. The first-order chi connectivity index (χ1) is 7.34. The highest BCUT2D eigenvalue weighted by Gasteiger charge is 2.04. The number of allylic oxidation sites excluding steroid dienone is 2. The molecule has 0 nitrogen and oxygen atoms in total. The maximum absolute atomic E-state index is 12.9. The number of benzene rings is 1. The van der Waals surface area contributed by atoms with Crippen LogP contribution in [0.15, 0.2) is 35.9 Å². The molecule has 1 saturated carbocycles. The summed E-state index contributed by atoms with van der Waals surface area (Å²) in [6.45, 7) is 0. The van der Waals surface area contributed by atoms with Crippen molar-refractivity contribution in [2.24, 2.45) is 0 Å². The lowest BCUT2D eigenvalue weighted by Gasteiger charge is -2.13. The summed E-state index contributed by atoms with van der Waals surface area (Å²) in [5, 5.41) is 0. The Hall–Kier alpha value is -1.11. The molecule has 2 rings (SSSR count). The van der Waals surface area contributed by atoms with E-state index in [2.05, 4.69) is 6.08 Å². The highest BCUT2D eigenvalue weighted by Crippen LogP contribution is 2.23. The summed E-state index contributed by atoms with van der Waals surface area (Å²) in [7, 11) is 0. The molecule has 80 valence electrons. The van der Waals surface area contributed by atoms with Crippen molar-refractivity contribution in [1.82, 2.24) is 0 Å².